The van der Waals surface area contributed by atoms with Crippen molar-refractivity contribution in [3.8, 4) is 0 Å². The summed E-state index contributed by atoms with van der Waals surface area (Å²) in [5, 5.41) is 12.6. The molecule has 0 amide bonds. The Kier molecular flexibility index (Phi) is 1.58. The zero-order valence-corrected chi connectivity index (χ0v) is 6.64. The Morgan fingerprint density at radius 3 is 3.08 bits per heavy atom. The van der Waals surface area contributed by atoms with Gasteiger partial charge in [-0.25, -0.2) is 9.31 Å². The highest BCUT2D eigenvalue weighted by Gasteiger charge is 2.11. The molecule has 0 saturated heterocycles. The molecule has 2 aromatic rings. The number of hydrogen-bond donors (Lipinski definition) is 1. The van der Waals surface area contributed by atoms with Crippen LogP contribution in [0, 0.1) is 0 Å². The fourth-order valence-electron chi connectivity index (χ4n) is 1.23. The first-order chi connectivity index (χ1) is 6.20. The van der Waals surface area contributed by atoms with Gasteiger partial charge in [0.05, 0.1) is 11.7 Å². The number of aromatic nitrogens is 2. The fraction of sp³-hybridized carbons (Fsp3) is 0. The third-order valence-corrected chi connectivity index (χ3v) is 1.80. The summed E-state index contributed by atoms with van der Waals surface area (Å²) in [4.78, 5) is 10.7. The number of carboxylic acid groups (broad SMARTS) is 1. The Hall–Kier alpha value is -1.78. The van der Waals surface area contributed by atoms with Gasteiger partial charge >= 0.3 is 5.97 Å². The number of hydrogen-bond acceptors (Lipinski definition) is 2. The lowest BCUT2D eigenvalue weighted by atomic mass is 9.94. The number of rotatable bonds is 1. The number of pyridine rings is 1. The van der Waals surface area contributed by atoms with Crippen molar-refractivity contribution >= 4 is 24.8 Å². The standard InChI is InChI=1S/C8H5BN2O2/c9-6-2-1-3-11-7(6)5(4-10-11)8(12)13/h1-4H,(H,12,13). The second kappa shape index (κ2) is 2.62. The summed E-state index contributed by atoms with van der Waals surface area (Å²) in [5.41, 5.74) is 0.977. The van der Waals surface area contributed by atoms with Crippen molar-refractivity contribution < 1.29 is 9.90 Å². The highest BCUT2D eigenvalue weighted by atomic mass is 16.4. The SMILES string of the molecule is [B]c1cccn2ncc(C(=O)O)c12. The van der Waals surface area contributed by atoms with Crippen LogP contribution in [0.4, 0.5) is 0 Å². The summed E-state index contributed by atoms with van der Waals surface area (Å²) in [5.74, 6) is -1.02. The van der Waals surface area contributed by atoms with Crippen LogP contribution in [0.25, 0.3) is 5.52 Å². The second-order valence-electron chi connectivity index (χ2n) is 2.62. The lowest BCUT2D eigenvalue weighted by molar-refractivity contribution is 0.0699. The van der Waals surface area contributed by atoms with E-state index in [2.05, 4.69) is 5.10 Å². The van der Waals surface area contributed by atoms with E-state index in [4.69, 9.17) is 13.0 Å². The summed E-state index contributed by atoms with van der Waals surface area (Å²) in [6, 6.07) is 3.35. The van der Waals surface area contributed by atoms with Crippen molar-refractivity contribution in [3.05, 3.63) is 30.1 Å². The van der Waals surface area contributed by atoms with Crippen LogP contribution in [0.3, 0.4) is 0 Å². The van der Waals surface area contributed by atoms with E-state index in [1.54, 1.807) is 18.3 Å². The molecular formula is C8H5BN2O2. The first kappa shape index (κ1) is 7.85. The van der Waals surface area contributed by atoms with Crippen molar-refractivity contribution in [2.45, 2.75) is 0 Å². The minimum absolute atomic E-state index is 0.123. The van der Waals surface area contributed by atoms with Crippen molar-refractivity contribution in [3.63, 3.8) is 0 Å². The van der Waals surface area contributed by atoms with Gasteiger partial charge in [0.2, 0.25) is 0 Å². The Labute approximate surface area is 75.2 Å². The summed E-state index contributed by atoms with van der Waals surface area (Å²) in [6.07, 6.45) is 2.94. The molecule has 1 N–H and O–H groups in total. The monoisotopic (exact) mass is 172 g/mol. The van der Waals surface area contributed by atoms with Gasteiger partial charge in [0.15, 0.2) is 0 Å². The maximum Gasteiger partial charge on any atom is 0.339 e. The number of carbonyl (C=O) groups is 1. The van der Waals surface area contributed by atoms with Crippen LogP contribution in [0.15, 0.2) is 24.5 Å². The summed E-state index contributed by atoms with van der Waals surface area (Å²) < 4.78 is 1.44. The topological polar surface area (TPSA) is 54.6 Å². The van der Waals surface area contributed by atoms with Crippen LogP contribution in [-0.4, -0.2) is 28.5 Å². The van der Waals surface area contributed by atoms with Gasteiger partial charge in [-0.2, -0.15) is 5.10 Å². The van der Waals surface area contributed by atoms with Gasteiger partial charge < -0.3 is 5.11 Å². The van der Waals surface area contributed by atoms with Crippen LogP contribution >= 0.6 is 0 Å². The molecule has 2 rings (SSSR count). The van der Waals surface area contributed by atoms with Gasteiger partial charge in [-0.05, 0) is 6.07 Å². The molecule has 13 heavy (non-hydrogen) atoms. The number of aromatic carboxylic acids is 1. The average molecular weight is 172 g/mol. The molecular weight excluding hydrogens is 167 g/mol. The minimum Gasteiger partial charge on any atom is -0.478 e. The Balaban J connectivity index is 2.86. The van der Waals surface area contributed by atoms with Crippen molar-refractivity contribution in [1.29, 1.82) is 0 Å². The van der Waals surface area contributed by atoms with Gasteiger partial charge in [-0.3, -0.25) is 0 Å². The first-order valence-electron chi connectivity index (χ1n) is 3.65. The second-order valence-corrected chi connectivity index (χ2v) is 2.62. The van der Waals surface area contributed by atoms with E-state index in [-0.39, 0.29) is 5.56 Å². The van der Waals surface area contributed by atoms with Crippen LogP contribution in [0.1, 0.15) is 10.4 Å². The van der Waals surface area contributed by atoms with Crippen LogP contribution < -0.4 is 5.46 Å². The van der Waals surface area contributed by atoms with Crippen molar-refractivity contribution in [2.24, 2.45) is 0 Å². The molecule has 0 unspecified atom stereocenters. The molecule has 0 fully saturated rings. The van der Waals surface area contributed by atoms with Gasteiger partial charge in [0, 0.05) is 6.20 Å². The average Bonchev–Trinajstić information content (AvgIpc) is 2.49. The molecule has 2 aromatic heterocycles. The molecule has 2 radical (unpaired) electrons. The molecule has 0 aliphatic heterocycles. The molecule has 5 heteroatoms. The zero-order valence-electron chi connectivity index (χ0n) is 6.64. The quantitative estimate of drug-likeness (QED) is 0.607. The van der Waals surface area contributed by atoms with Gasteiger partial charge in [-0.1, -0.05) is 11.5 Å². The normalized spacial score (nSPS) is 10.5. The summed E-state index contributed by atoms with van der Waals surface area (Å²) in [7, 11) is 5.62. The molecule has 4 nitrogen and oxygen atoms in total. The highest BCUT2D eigenvalue weighted by Crippen LogP contribution is 2.06. The maximum atomic E-state index is 10.7. The van der Waals surface area contributed by atoms with E-state index in [0.717, 1.165) is 0 Å². The molecule has 62 valence electrons. The van der Waals surface area contributed by atoms with Crippen LogP contribution in [0.2, 0.25) is 0 Å². The van der Waals surface area contributed by atoms with Gasteiger partial charge in [0.25, 0.3) is 0 Å². The summed E-state index contributed by atoms with van der Waals surface area (Å²) in [6.45, 7) is 0. The largest absolute Gasteiger partial charge is 0.478 e. The predicted octanol–water partition coefficient (Wildman–Crippen LogP) is -0.174. The van der Waals surface area contributed by atoms with E-state index >= 15 is 0 Å². The van der Waals surface area contributed by atoms with E-state index in [9.17, 15) is 4.79 Å². The third-order valence-electron chi connectivity index (χ3n) is 1.80. The zero-order chi connectivity index (χ0) is 9.42. The van der Waals surface area contributed by atoms with Gasteiger partial charge in [-0.15, -0.1) is 0 Å². The summed E-state index contributed by atoms with van der Waals surface area (Å²) >= 11 is 0. The molecule has 0 aromatic carbocycles. The van der Waals surface area contributed by atoms with Crippen LogP contribution in [0.5, 0.6) is 0 Å². The van der Waals surface area contributed by atoms with Crippen LogP contribution in [-0.2, 0) is 0 Å². The lowest BCUT2D eigenvalue weighted by Crippen LogP contribution is -2.09. The maximum absolute atomic E-state index is 10.7. The Morgan fingerprint density at radius 2 is 2.38 bits per heavy atom. The fourth-order valence-corrected chi connectivity index (χ4v) is 1.23. The number of fused-ring (bicyclic) bond motifs is 1. The first-order valence-corrected chi connectivity index (χ1v) is 3.65. The Morgan fingerprint density at radius 1 is 1.62 bits per heavy atom. The van der Waals surface area contributed by atoms with Crippen molar-refractivity contribution in [2.75, 3.05) is 0 Å². The van der Waals surface area contributed by atoms with E-state index in [1.807, 2.05) is 0 Å². The van der Waals surface area contributed by atoms with E-state index in [0.29, 0.717) is 11.0 Å². The minimum atomic E-state index is -1.02. The third kappa shape index (κ3) is 1.09. The van der Waals surface area contributed by atoms with Crippen molar-refractivity contribution in [1.82, 2.24) is 9.61 Å². The highest BCUT2D eigenvalue weighted by molar-refractivity contribution is 6.37. The molecule has 0 aliphatic carbocycles. The molecule has 2 heterocycles. The molecule has 0 bridgehead atoms. The molecule has 0 saturated carbocycles. The van der Waals surface area contributed by atoms with E-state index < -0.39 is 5.97 Å². The number of carboxylic acids is 1. The predicted molar refractivity (Wildman–Crippen MR) is 47.5 cm³/mol. The van der Waals surface area contributed by atoms with E-state index in [1.165, 1.54) is 10.7 Å². The smallest absolute Gasteiger partial charge is 0.339 e. The molecule has 0 spiro atoms. The lowest BCUT2D eigenvalue weighted by Gasteiger charge is -1.97. The number of nitrogens with zero attached hydrogens (tertiary/aromatic N) is 2. The van der Waals surface area contributed by atoms with Gasteiger partial charge in [0.1, 0.15) is 13.4 Å². The molecule has 0 atom stereocenters. The Bertz CT molecular complexity index is 478. The molecule has 0 aliphatic rings.